The van der Waals surface area contributed by atoms with Crippen LogP contribution in [0.15, 0.2) is 40.1 Å². The van der Waals surface area contributed by atoms with E-state index >= 15 is 0 Å². The molecule has 1 aromatic heterocycles. The largest absolute Gasteiger partial charge is 0.496 e. The molecule has 1 aliphatic heterocycles. The van der Waals surface area contributed by atoms with Gasteiger partial charge in [-0.05, 0) is 50.5 Å². The number of ether oxygens (including phenoxy) is 1. The fourth-order valence-corrected chi connectivity index (χ4v) is 6.16. The summed E-state index contributed by atoms with van der Waals surface area (Å²) in [5.41, 5.74) is 1.46. The van der Waals surface area contributed by atoms with Crippen molar-refractivity contribution < 1.29 is 19.1 Å². The van der Waals surface area contributed by atoms with Gasteiger partial charge in [-0.3, -0.25) is 14.4 Å². The number of nitrogens with zero attached hydrogens (tertiary/aromatic N) is 3. The number of aromatic nitrogens is 1. The highest BCUT2D eigenvalue weighted by molar-refractivity contribution is 8.01. The lowest BCUT2D eigenvalue weighted by molar-refractivity contribution is -0.130. The topological polar surface area (TPSA) is 91.8 Å². The van der Waals surface area contributed by atoms with E-state index in [2.05, 4.69) is 16.9 Å². The minimum Gasteiger partial charge on any atom is -0.496 e. The average Bonchev–Trinajstić information content (AvgIpc) is 3.24. The highest BCUT2D eigenvalue weighted by Crippen LogP contribution is 2.39. The van der Waals surface area contributed by atoms with Gasteiger partial charge in [0, 0.05) is 36.5 Å². The van der Waals surface area contributed by atoms with Gasteiger partial charge in [0.25, 0.3) is 5.91 Å². The first-order valence-corrected chi connectivity index (χ1v) is 13.3. The lowest BCUT2D eigenvalue weighted by atomic mass is 9.85. The summed E-state index contributed by atoms with van der Waals surface area (Å²) in [6, 6.07) is 3.63. The normalized spacial score (nSPS) is 18.1. The van der Waals surface area contributed by atoms with Crippen LogP contribution >= 0.6 is 23.1 Å². The molecule has 2 aliphatic rings. The van der Waals surface area contributed by atoms with Crippen LogP contribution in [0.2, 0.25) is 0 Å². The van der Waals surface area contributed by atoms with E-state index in [4.69, 9.17) is 4.74 Å². The summed E-state index contributed by atoms with van der Waals surface area (Å²) in [4.78, 5) is 46.5. The average molecular weight is 515 g/mol. The number of nitrogens with one attached hydrogen (secondary N) is 1. The molecule has 2 fully saturated rings. The smallest absolute Gasteiger partial charge is 0.257 e. The Morgan fingerprint density at radius 1 is 1.29 bits per heavy atom. The van der Waals surface area contributed by atoms with Crippen molar-refractivity contribution in [2.45, 2.75) is 48.3 Å². The molecule has 0 bridgehead atoms. The lowest BCUT2D eigenvalue weighted by Crippen LogP contribution is -2.55. The van der Waals surface area contributed by atoms with Crippen molar-refractivity contribution in [2.24, 2.45) is 5.92 Å². The van der Waals surface area contributed by atoms with E-state index in [1.54, 1.807) is 23.1 Å². The third-order valence-corrected chi connectivity index (χ3v) is 8.67. The fraction of sp³-hybridized carbons (Fsp3) is 0.440. The van der Waals surface area contributed by atoms with Gasteiger partial charge in [0.15, 0.2) is 5.13 Å². The number of piperazine rings is 1. The molecule has 1 aliphatic carbocycles. The summed E-state index contributed by atoms with van der Waals surface area (Å²) >= 11 is 2.93. The van der Waals surface area contributed by atoms with Gasteiger partial charge in [-0.15, -0.1) is 0 Å². The molecule has 10 heteroatoms. The SMILES string of the molecule is C=CC(=O)N1CCN(C(=O)c2cc(Sc3cnc(NC(=O)C4CCC4)s3)c(C)cc2OC)C[C@H]1C. The summed E-state index contributed by atoms with van der Waals surface area (Å²) < 4.78 is 6.46. The molecule has 1 aromatic carbocycles. The van der Waals surface area contributed by atoms with Crippen molar-refractivity contribution in [1.29, 1.82) is 0 Å². The number of carbonyl (C=O) groups excluding carboxylic acids is 3. The first-order chi connectivity index (χ1) is 16.8. The lowest BCUT2D eigenvalue weighted by Gasteiger charge is -2.39. The summed E-state index contributed by atoms with van der Waals surface area (Å²) in [6.07, 6.45) is 6.05. The Kier molecular flexibility index (Phi) is 7.81. The molecular formula is C25H30N4O4S2. The van der Waals surface area contributed by atoms with Crippen molar-refractivity contribution in [3.05, 3.63) is 42.1 Å². The number of hydrogen-bond donors (Lipinski definition) is 1. The number of methoxy groups -OCH3 is 1. The molecule has 1 N–H and O–H groups in total. The van der Waals surface area contributed by atoms with Crippen LogP contribution < -0.4 is 10.1 Å². The molecule has 1 saturated heterocycles. The van der Waals surface area contributed by atoms with Gasteiger partial charge >= 0.3 is 0 Å². The molecule has 0 radical (unpaired) electrons. The Labute approximate surface area is 213 Å². The molecule has 0 spiro atoms. The standard InChI is InChI=1S/C25H30N4O4S2/c1-5-21(30)29-10-9-28(14-16(29)3)24(32)18-12-20(15(2)11-19(18)33-4)34-22-13-26-25(35-22)27-23(31)17-7-6-8-17/h5,11-13,16-17H,1,6-10,14H2,2-4H3,(H,26,27,31)/t16-/m1/s1. The van der Waals surface area contributed by atoms with Crippen molar-refractivity contribution >= 4 is 46.0 Å². The van der Waals surface area contributed by atoms with E-state index in [9.17, 15) is 14.4 Å². The number of amides is 3. The van der Waals surface area contributed by atoms with Gasteiger partial charge in [-0.1, -0.05) is 36.1 Å². The summed E-state index contributed by atoms with van der Waals surface area (Å²) in [5, 5.41) is 3.51. The Hall–Kier alpha value is -2.85. The number of benzene rings is 1. The molecule has 0 unspecified atom stereocenters. The number of rotatable bonds is 7. The van der Waals surface area contributed by atoms with E-state index in [1.165, 1.54) is 29.2 Å². The first kappa shape index (κ1) is 25.2. The zero-order chi connectivity index (χ0) is 25.1. The molecular weight excluding hydrogens is 484 g/mol. The van der Waals surface area contributed by atoms with Crippen molar-refractivity contribution in [2.75, 3.05) is 32.1 Å². The van der Waals surface area contributed by atoms with Crippen LogP contribution in [-0.4, -0.2) is 65.3 Å². The van der Waals surface area contributed by atoms with E-state index in [1.807, 2.05) is 26.0 Å². The van der Waals surface area contributed by atoms with Gasteiger partial charge in [0.05, 0.1) is 23.1 Å². The quantitative estimate of drug-likeness (QED) is 0.557. The zero-order valence-corrected chi connectivity index (χ0v) is 21.8. The molecule has 1 atom stereocenters. The predicted molar refractivity (Wildman–Crippen MR) is 137 cm³/mol. The first-order valence-electron chi connectivity index (χ1n) is 11.7. The number of carbonyl (C=O) groups is 3. The highest BCUT2D eigenvalue weighted by atomic mass is 32.2. The van der Waals surface area contributed by atoms with Gasteiger partial charge < -0.3 is 19.9 Å². The monoisotopic (exact) mass is 514 g/mol. The van der Waals surface area contributed by atoms with Crippen LogP contribution in [0.25, 0.3) is 0 Å². The van der Waals surface area contributed by atoms with Crippen LogP contribution in [0.5, 0.6) is 5.75 Å². The fourth-order valence-electron chi connectivity index (χ4n) is 4.22. The Bertz CT molecular complexity index is 1140. The Morgan fingerprint density at radius 2 is 2.06 bits per heavy atom. The molecule has 8 nitrogen and oxygen atoms in total. The summed E-state index contributed by atoms with van der Waals surface area (Å²) in [5.74, 6) is 0.418. The molecule has 35 heavy (non-hydrogen) atoms. The molecule has 3 amide bonds. The maximum atomic E-state index is 13.5. The third-order valence-electron chi connectivity index (χ3n) is 6.50. The third kappa shape index (κ3) is 5.54. The van der Waals surface area contributed by atoms with Crippen LogP contribution in [0.4, 0.5) is 5.13 Å². The second-order valence-corrected chi connectivity index (χ2v) is 11.2. The molecule has 2 heterocycles. The zero-order valence-electron chi connectivity index (χ0n) is 20.2. The number of anilines is 1. The van der Waals surface area contributed by atoms with E-state index in [0.717, 1.165) is 33.9 Å². The summed E-state index contributed by atoms with van der Waals surface area (Å²) in [6.45, 7) is 8.81. The maximum absolute atomic E-state index is 13.5. The highest BCUT2D eigenvalue weighted by Gasteiger charge is 2.31. The number of hydrogen-bond acceptors (Lipinski definition) is 7. The second-order valence-electron chi connectivity index (χ2n) is 8.86. The summed E-state index contributed by atoms with van der Waals surface area (Å²) in [7, 11) is 1.56. The van der Waals surface area contributed by atoms with E-state index in [-0.39, 0.29) is 29.7 Å². The van der Waals surface area contributed by atoms with Gasteiger partial charge in [-0.25, -0.2) is 4.98 Å². The van der Waals surface area contributed by atoms with Gasteiger partial charge in [0.1, 0.15) is 5.75 Å². The minimum absolute atomic E-state index is 0.0415. The maximum Gasteiger partial charge on any atom is 0.257 e. The Balaban J connectivity index is 1.49. The second kappa shape index (κ2) is 10.8. The predicted octanol–water partition coefficient (Wildman–Crippen LogP) is 4.21. The van der Waals surface area contributed by atoms with Crippen LogP contribution in [0.1, 0.15) is 42.1 Å². The van der Waals surface area contributed by atoms with Gasteiger partial charge in [0.2, 0.25) is 11.8 Å². The molecule has 4 rings (SSSR count). The number of thiazole rings is 1. The van der Waals surface area contributed by atoms with Crippen molar-refractivity contribution in [3.63, 3.8) is 0 Å². The van der Waals surface area contributed by atoms with E-state index in [0.29, 0.717) is 36.1 Å². The molecule has 1 saturated carbocycles. The molecule has 186 valence electrons. The van der Waals surface area contributed by atoms with Crippen molar-refractivity contribution in [3.8, 4) is 5.75 Å². The van der Waals surface area contributed by atoms with Crippen LogP contribution in [-0.2, 0) is 9.59 Å². The van der Waals surface area contributed by atoms with Crippen molar-refractivity contribution in [1.82, 2.24) is 14.8 Å². The van der Waals surface area contributed by atoms with Crippen LogP contribution in [0, 0.1) is 12.8 Å². The van der Waals surface area contributed by atoms with E-state index < -0.39 is 0 Å². The minimum atomic E-state index is -0.126. The Morgan fingerprint density at radius 3 is 2.69 bits per heavy atom. The van der Waals surface area contributed by atoms with Crippen LogP contribution in [0.3, 0.4) is 0 Å². The number of aryl methyl sites for hydroxylation is 1. The molecule has 2 aromatic rings. The van der Waals surface area contributed by atoms with Gasteiger partial charge in [-0.2, -0.15) is 0 Å².